The molecule has 0 aliphatic heterocycles. The first-order chi connectivity index (χ1) is 13.3. The van der Waals surface area contributed by atoms with E-state index in [1.807, 2.05) is 36.5 Å². The number of rotatable bonds is 3. The third-order valence-electron chi connectivity index (χ3n) is 4.91. The third-order valence-corrected chi connectivity index (χ3v) is 4.91. The molecule has 0 atom stereocenters. The highest BCUT2D eigenvalue weighted by atomic mass is 15.1. The largest absolute Gasteiger partial charge is 0.278 e. The number of nitrogens with one attached hydrogen (secondary N) is 1. The Morgan fingerprint density at radius 1 is 0.778 bits per heavy atom. The Morgan fingerprint density at radius 3 is 2.15 bits per heavy atom. The molecule has 0 aliphatic carbocycles. The molecule has 5 rings (SSSR count). The van der Waals surface area contributed by atoms with E-state index in [9.17, 15) is 0 Å². The second-order valence-electron chi connectivity index (χ2n) is 6.64. The van der Waals surface area contributed by atoms with Crippen LogP contribution < -0.4 is 0 Å². The molecular formula is C23H18N4. The smallest absolute Gasteiger partial charge is 0.0973 e. The maximum atomic E-state index is 5.00. The summed E-state index contributed by atoms with van der Waals surface area (Å²) in [5.41, 5.74) is 7.95. The van der Waals surface area contributed by atoms with Crippen molar-refractivity contribution in [3.8, 4) is 22.5 Å². The molecule has 3 aromatic carbocycles. The normalized spacial score (nSPS) is 11.3. The van der Waals surface area contributed by atoms with Crippen LogP contribution in [0.1, 0.15) is 12.5 Å². The van der Waals surface area contributed by atoms with Crippen LogP contribution in [0.2, 0.25) is 0 Å². The number of nitrogens with zero attached hydrogens (tertiary/aromatic N) is 3. The van der Waals surface area contributed by atoms with Crippen molar-refractivity contribution < 1.29 is 0 Å². The average Bonchev–Trinajstić information content (AvgIpc) is 3.19. The number of hydrogen-bond donors (Lipinski definition) is 1. The van der Waals surface area contributed by atoms with E-state index in [-0.39, 0.29) is 0 Å². The number of fused-ring (bicyclic) bond motifs is 2. The topological polar surface area (TPSA) is 54.5 Å². The molecule has 5 aromatic rings. The number of aromatic nitrogens is 4. The van der Waals surface area contributed by atoms with Crippen LogP contribution in [-0.4, -0.2) is 20.2 Å². The summed E-state index contributed by atoms with van der Waals surface area (Å²) in [5.74, 6) is 0. The number of H-pyrrole nitrogens is 1. The molecule has 0 amide bonds. The second-order valence-corrected chi connectivity index (χ2v) is 6.64. The molecule has 130 valence electrons. The molecule has 0 spiro atoms. The first kappa shape index (κ1) is 15.7. The van der Waals surface area contributed by atoms with Gasteiger partial charge >= 0.3 is 0 Å². The van der Waals surface area contributed by atoms with Gasteiger partial charge in [0.25, 0.3) is 0 Å². The van der Waals surface area contributed by atoms with Gasteiger partial charge in [0.05, 0.1) is 34.1 Å². The second kappa shape index (κ2) is 6.32. The molecule has 4 nitrogen and oxygen atoms in total. The molecule has 0 fully saturated rings. The standard InChI is InChI=1S/C23H18N4/c1-2-15-8-10-17(11-9-15)23-22(16-6-4-3-5-7-16)26-21-13-19-18(14-24-27-19)12-20(21)25-23/h3-14H,2H2,1H3,(H,24,27). The van der Waals surface area contributed by atoms with Crippen LogP contribution in [-0.2, 0) is 6.42 Å². The highest BCUT2D eigenvalue weighted by molar-refractivity contribution is 5.95. The molecule has 0 aliphatic rings. The van der Waals surface area contributed by atoms with Gasteiger partial charge in [0.15, 0.2) is 0 Å². The fourth-order valence-corrected chi connectivity index (χ4v) is 3.39. The maximum Gasteiger partial charge on any atom is 0.0973 e. The van der Waals surface area contributed by atoms with Gasteiger partial charge in [-0.25, -0.2) is 9.97 Å². The minimum atomic E-state index is 0.861. The van der Waals surface area contributed by atoms with Crippen LogP contribution in [0.5, 0.6) is 0 Å². The molecule has 1 N–H and O–H groups in total. The molecule has 2 heterocycles. The Labute approximate surface area is 156 Å². The first-order valence-electron chi connectivity index (χ1n) is 9.11. The van der Waals surface area contributed by atoms with Gasteiger partial charge in [-0.15, -0.1) is 0 Å². The summed E-state index contributed by atoms with van der Waals surface area (Å²) in [4.78, 5) is 9.99. The van der Waals surface area contributed by atoms with Crippen molar-refractivity contribution in [2.75, 3.05) is 0 Å². The van der Waals surface area contributed by atoms with Crippen molar-refractivity contribution in [1.82, 2.24) is 20.2 Å². The minimum absolute atomic E-state index is 0.861. The summed E-state index contributed by atoms with van der Waals surface area (Å²) in [5, 5.41) is 8.17. The van der Waals surface area contributed by atoms with Crippen LogP contribution >= 0.6 is 0 Å². The lowest BCUT2D eigenvalue weighted by atomic mass is 10.0. The third kappa shape index (κ3) is 2.75. The highest BCUT2D eigenvalue weighted by Crippen LogP contribution is 2.32. The Bertz CT molecular complexity index is 1240. The first-order valence-corrected chi connectivity index (χ1v) is 9.11. The van der Waals surface area contributed by atoms with Crippen LogP contribution in [0.25, 0.3) is 44.5 Å². The van der Waals surface area contributed by atoms with Crippen molar-refractivity contribution in [1.29, 1.82) is 0 Å². The molecule has 0 unspecified atom stereocenters. The van der Waals surface area contributed by atoms with Gasteiger partial charge in [0.1, 0.15) is 0 Å². The minimum Gasteiger partial charge on any atom is -0.278 e. The van der Waals surface area contributed by atoms with Crippen LogP contribution in [0.3, 0.4) is 0 Å². The SMILES string of the molecule is CCc1ccc(-c2nc3cc4cn[nH]c4cc3nc2-c2ccccc2)cc1. The number of hydrogen-bond acceptors (Lipinski definition) is 3. The van der Waals surface area contributed by atoms with E-state index >= 15 is 0 Å². The Hall–Kier alpha value is -3.53. The van der Waals surface area contributed by atoms with Crippen LogP contribution in [0.15, 0.2) is 72.9 Å². The van der Waals surface area contributed by atoms with Crippen LogP contribution in [0, 0.1) is 0 Å². The number of aryl methyl sites for hydroxylation is 1. The number of aromatic amines is 1. The van der Waals surface area contributed by atoms with Crippen molar-refractivity contribution in [3.05, 3.63) is 78.5 Å². The van der Waals surface area contributed by atoms with E-state index in [1.54, 1.807) is 0 Å². The Kier molecular flexibility index (Phi) is 3.68. The monoisotopic (exact) mass is 350 g/mol. The number of benzene rings is 3. The summed E-state index contributed by atoms with van der Waals surface area (Å²) < 4.78 is 0. The zero-order valence-electron chi connectivity index (χ0n) is 15.0. The highest BCUT2D eigenvalue weighted by Gasteiger charge is 2.14. The van der Waals surface area contributed by atoms with E-state index in [1.165, 1.54) is 5.56 Å². The molecule has 0 radical (unpaired) electrons. The molecule has 0 saturated carbocycles. The summed E-state index contributed by atoms with van der Waals surface area (Å²) >= 11 is 0. The maximum absolute atomic E-state index is 5.00. The summed E-state index contributed by atoms with van der Waals surface area (Å²) in [7, 11) is 0. The van der Waals surface area contributed by atoms with Crippen molar-refractivity contribution in [2.45, 2.75) is 13.3 Å². The van der Waals surface area contributed by atoms with Crippen molar-refractivity contribution in [2.24, 2.45) is 0 Å². The van der Waals surface area contributed by atoms with Gasteiger partial charge in [-0.3, -0.25) is 5.10 Å². The van der Waals surface area contributed by atoms with Crippen LogP contribution in [0.4, 0.5) is 0 Å². The van der Waals surface area contributed by atoms with Gasteiger partial charge < -0.3 is 0 Å². The molecule has 0 bridgehead atoms. The fraction of sp³-hybridized carbons (Fsp3) is 0.0870. The van der Waals surface area contributed by atoms with E-state index < -0.39 is 0 Å². The average molecular weight is 350 g/mol. The summed E-state index contributed by atoms with van der Waals surface area (Å²) in [6, 6.07) is 22.9. The quantitative estimate of drug-likeness (QED) is 0.474. The molecule has 0 saturated heterocycles. The fourth-order valence-electron chi connectivity index (χ4n) is 3.39. The Balaban J connectivity index is 1.80. The zero-order chi connectivity index (χ0) is 18.2. The zero-order valence-corrected chi connectivity index (χ0v) is 15.0. The van der Waals surface area contributed by atoms with E-state index in [4.69, 9.17) is 9.97 Å². The molecule has 4 heteroatoms. The summed E-state index contributed by atoms with van der Waals surface area (Å²) in [6.07, 6.45) is 2.84. The summed E-state index contributed by atoms with van der Waals surface area (Å²) in [6.45, 7) is 2.16. The lowest BCUT2D eigenvalue weighted by molar-refractivity contribution is 1.12. The van der Waals surface area contributed by atoms with Crippen molar-refractivity contribution >= 4 is 21.9 Å². The predicted molar refractivity (Wildman–Crippen MR) is 109 cm³/mol. The molecule has 27 heavy (non-hydrogen) atoms. The van der Waals surface area contributed by atoms with E-state index in [2.05, 4.69) is 53.5 Å². The van der Waals surface area contributed by atoms with Gasteiger partial charge in [-0.05, 0) is 24.1 Å². The van der Waals surface area contributed by atoms with E-state index in [0.717, 1.165) is 50.9 Å². The predicted octanol–water partition coefficient (Wildman–Crippen LogP) is 5.40. The molecular weight excluding hydrogens is 332 g/mol. The van der Waals surface area contributed by atoms with Gasteiger partial charge in [-0.2, -0.15) is 5.10 Å². The Morgan fingerprint density at radius 2 is 1.44 bits per heavy atom. The van der Waals surface area contributed by atoms with Gasteiger partial charge in [-0.1, -0.05) is 61.5 Å². The van der Waals surface area contributed by atoms with Crippen molar-refractivity contribution in [3.63, 3.8) is 0 Å². The van der Waals surface area contributed by atoms with E-state index in [0.29, 0.717) is 0 Å². The van der Waals surface area contributed by atoms with Gasteiger partial charge in [0, 0.05) is 16.5 Å². The molecule has 2 aromatic heterocycles. The van der Waals surface area contributed by atoms with Gasteiger partial charge in [0.2, 0.25) is 0 Å². The lowest BCUT2D eigenvalue weighted by Crippen LogP contribution is -1.96. The lowest BCUT2D eigenvalue weighted by Gasteiger charge is -2.11.